The molecule has 0 atom stereocenters. The van der Waals surface area contributed by atoms with Gasteiger partial charge in [0, 0.05) is 16.9 Å². The molecule has 1 aliphatic heterocycles. The molecule has 0 unspecified atom stereocenters. The van der Waals surface area contributed by atoms with E-state index in [2.05, 4.69) is 29.7 Å². The highest BCUT2D eigenvalue weighted by Crippen LogP contribution is 2.29. The van der Waals surface area contributed by atoms with Crippen molar-refractivity contribution in [1.29, 1.82) is 0 Å². The van der Waals surface area contributed by atoms with Crippen molar-refractivity contribution in [3.63, 3.8) is 0 Å². The van der Waals surface area contributed by atoms with Gasteiger partial charge in [0.1, 0.15) is 0 Å². The van der Waals surface area contributed by atoms with E-state index < -0.39 is 0 Å². The van der Waals surface area contributed by atoms with E-state index in [9.17, 15) is 4.79 Å². The summed E-state index contributed by atoms with van der Waals surface area (Å²) in [6, 6.07) is 4.25. The molecule has 2 N–H and O–H groups in total. The highest BCUT2D eigenvalue weighted by molar-refractivity contribution is 7.11. The van der Waals surface area contributed by atoms with Crippen molar-refractivity contribution >= 4 is 17.2 Å². The molecule has 0 saturated carbocycles. The fraction of sp³-hybridized carbons (Fsp3) is 0.667. The van der Waals surface area contributed by atoms with Gasteiger partial charge in [0.25, 0.3) is 0 Å². The lowest BCUT2D eigenvalue weighted by atomic mass is 9.78. The summed E-state index contributed by atoms with van der Waals surface area (Å²) >= 11 is 1.78. The molecule has 2 heterocycles. The van der Waals surface area contributed by atoms with Gasteiger partial charge in [-0.1, -0.05) is 6.92 Å². The molecule has 1 fully saturated rings. The van der Waals surface area contributed by atoms with Gasteiger partial charge in [-0.3, -0.25) is 4.79 Å². The van der Waals surface area contributed by atoms with E-state index in [1.54, 1.807) is 18.4 Å². The Balaban J connectivity index is 1.94. The summed E-state index contributed by atoms with van der Waals surface area (Å²) in [5, 5.41) is 6.40. The molecule has 1 saturated heterocycles. The van der Waals surface area contributed by atoms with E-state index >= 15 is 0 Å². The molecular weight excluding hydrogens is 272 g/mol. The molecule has 0 radical (unpaired) electrons. The highest BCUT2D eigenvalue weighted by atomic mass is 32.1. The highest BCUT2D eigenvalue weighted by Gasteiger charge is 2.39. The van der Waals surface area contributed by atoms with Gasteiger partial charge in [-0.2, -0.15) is 0 Å². The van der Waals surface area contributed by atoms with Crippen LogP contribution in [0, 0.1) is 5.41 Å². The molecule has 4 nitrogen and oxygen atoms in total. The van der Waals surface area contributed by atoms with Crippen LogP contribution in [0.5, 0.6) is 0 Å². The van der Waals surface area contributed by atoms with Crippen molar-refractivity contribution in [2.45, 2.75) is 32.7 Å². The van der Waals surface area contributed by atoms with E-state index in [0.29, 0.717) is 13.2 Å². The maximum absolute atomic E-state index is 12.5. The Hall–Kier alpha value is -0.910. The molecule has 1 amide bonds. The van der Waals surface area contributed by atoms with Gasteiger partial charge in [0.2, 0.25) is 5.91 Å². The Kier molecular flexibility index (Phi) is 5.57. The standard InChI is InChI=1S/C15H24N2O2S/c1-3-12-4-5-13(20-12)10-17-14(18)15(11-19-2)6-8-16-9-7-15/h4-5,16H,3,6-11H2,1-2H3,(H,17,18). The Morgan fingerprint density at radius 1 is 1.40 bits per heavy atom. The zero-order valence-corrected chi connectivity index (χ0v) is 13.1. The molecule has 0 bridgehead atoms. The van der Waals surface area contributed by atoms with Crippen LogP contribution in [0.4, 0.5) is 0 Å². The maximum atomic E-state index is 12.5. The Morgan fingerprint density at radius 2 is 2.10 bits per heavy atom. The van der Waals surface area contributed by atoms with Gasteiger partial charge in [0.15, 0.2) is 0 Å². The summed E-state index contributed by atoms with van der Waals surface area (Å²) in [6.07, 6.45) is 2.74. The van der Waals surface area contributed by atoms with Crippen molar-refractivity contribution in [1.82, 2.24) is 10.6 Å². The van der Waals surface area contributed by atoms with Gasteiger partial charge in [-0.25, -0.2) is 0 Å². The minimum atomic E-state index is -0.356. The summed E-state index contributed by atoms with van der Waals surface area (Å²) in [5.74, 6) is 0.132. The molecule has 0 aromatic carbocycles. The monoisotopic (exact) mass is 296 g/mol. The first-order chi connectivity index (χ1) is 9.70. The molecule has 0 spiro atoms. The van der Waals surface area contributed by atoms with Crippen LogP contribution in [0.25, 0.3) is 0 Å². The quantitative estimate of drug-likeness (QED) is 0.843. The number of carbonyl (C=O) groups is 1. The third kappa shape index (κ3) is 3.59. The number of methoxy groups -OCH3 is 1. The fourth-order valence-corrected chi connectivity index (χ4v) is 3.58. The second-order valence-corrected chi connectivity index (χ2v) is 6.62. The normalized spacial score (nSPS) is 17.9. The van der Waals surface area contributed by atoms with E-state index in [1.165, 1.54) is 9.75 Å². The predicted molar refractivity (Wildman–Crippen MR) is 82.0 cm³/mol. The molecule has 5 heteroatoms. The van der Waals surface area contributed by atoms with Crippen molar-refractivity contribution in [3.8, 4) is 0 Å². The second kappa shape index (κ2) is 7.20. The number of carbonyl (C=O) groups excluding carboxylic acids is 1. The topological polar surface area (TPSA) is 50.4 Å². The van der Waals surface area contributed by atoms with Crippen LogP contribution in [0.2, 0.25) is 0 Å². The number of hydrogen-bond acceptors (Lipinski definition) is 4. The zero-order chi connectivity index (χ0) is 14.4. The maximum Gasteiger partial charge on any atom is 0.228 e. The lowest BCUT2D eigenvalue weighted by Gasteiger charge is -2.35. The van der Waals surface area contributed by atoms with Gasteiger partial charge < -0.3 is 15.4 Å². The number of thiophene rings is 1. The molecule has 1 aromatic rings. The van der Waals surface area contributed by atoms with Crippen LogP contribution in [-0.4, -0.2) is 32.7 Å². The fourth-order valence-electron chi connectivity index (χ4n) is 2.68. The van der Waals surface area contributed by atoms with Gasteiger partial charge in [0.05, 0.1) is 18.6 Å². The molecular formula is C15H24N2O2S. The number of amides is 1. The van der Waals surface area contributed by atoms with Crippen molar-refractivity contribution in [2.24, 2.45) is 5.41 Å². The zero-order valence-electron chi connectivity index (χ0n) is 12.3. The number of ether oxygens (including phenoxy) is 1. The lowest BCUT2D eigenvalue weighted by molar-refractivity contribution is -0.136. The summed E-state index contributed by atoms with van der Waals surface area (Å²) < 4.78 is 5.29. The Bertz CT molecular complexity index is 433. The van der Waals surface area contributed by atoms with Gasteiger partial charge >= 0.3 is 0 Å². The van der Waals surface area contributed by atoms with Gasteiger partial charge in [-0.05, 0) is 44.5 Å². The number of aryl methyl sites for hydroxylation is 1. The van der Waals surface area contributed by atoms with Crippen LogP contribution in [-0.2, 0) is 22.5 Å². The Morgan fingerprint density at radius 3 is 2.70 bits per heavy atom. The summed E-state index contributed by atoms with van der Waals surface area (Å²) in [4.78, 5) is 15.1. The van der Waals surface area contributed by atoms with Gasteiger partial charge in [-0.15, -0.1) is 11.3 Å². The number of piperidine rings is 1. The molecule has 20 heavy (non-hydrogen) atoms. The third-order valence-electron chi connectivity index (χ3n) is 3.95. The van der Waals surface area contributed by atoms with Crippen LogP contribution in [0.1, 0.15) is 29.5 Å². The molecule has 0 aliphatic carbocycles. The smallest absolute Gasteiger partial charge is 0.228 e. The third-order valence-corrected chi connectivity index (χ3v) is 5.18. The molecule has 1 aromatic heterocycles. The number of hydrogen-bond donors (Lipinski definition) is 2. The van der Waals surface area contributed by atoms with Crippen molar-refractivity contribution in [3.05, 3.63) is 21.9 Å². The summed E-state index contributed by atoms with van der Waals surface area (Å²) in [7, 11) is 1.67. The molecule has 112 valence electrons. The van der Waals surface area contributed by atoms with Crippen LogP contribution < -0.4 is 10.6 Å². The van der Waals surface area contributed by atoms with Crippen LogP contribution in [0.15, 0.2) is 12.1 Å². The minimum absolute atomic E-state index is 0.132. The van der Waals surface area contributed by atoms with Crippen molar-refractivity contribution < 1.29 is 9.53 Å². The van der Waals surface area contributed by atoms with E-state index in [-0.39, 0.29) is 11.3 Å². The van der Waals surface area contributed by atoms with E-state index in [0.717, 1.165) is 32.4 Å². The summed E-state index contributed by atoms with van der Waals surface area (Å²) in [6.45, 7) is 5.05. The first-order valence-corrected chi connectivity index (χ1v) is 8.07. The predicted octanol–water partition coefficient (Wildman–Crippen LogP) is 1.94. The average Bonchev–Trinajstić information content (AvgIpc) is 2.94. The van der Waals surface area contributed by atoms with Crippen molar-refractivity contribution in [2.75, 3.05) is 26.8 Å². The van der Waals surface area contributed by atoms with Crippen LogP contribution in [0.3, 0.4) is 0 Å². The summed E-state index contributed by atoms with van der Waals surface area (Å²) in [5.41, 5.74) is -0.356. The first kappa shape index (κ1) is 15.5. The number of nitrogens with one attached hydrogen (secondary N) is 2. The van der Waals surface area contributed by atoms with E-state index in [1.807, 2.05) is 0 Å². The first-order valence-electron chi connectivity index (χ1n) is 7.26. The largest absolute Gasteiger partial charge is 0.384 e. The number of rotatable bonds is 6. The second-order valence-electron chi connectivity index (χ2n) is 5.37. The molecule has 1 aliphatic rings. The average molecular weight is 296 g/mol. The Labute approximate surface area is 124 Å². The van der Waals surface area contributed by atoms with Crippen LogP contribution >= 0.6 is 11.3 Å². The SMILES string of the molecule is CCc1ccc(CNC(=O)C2(COC)CCNCC2)s1. The molecule has 2 rings (SSSR count). The van der Waals surface area contributed by atoms with E-state index in [4.69, 9.17) is 4.74 Å². The lowest BCUT2D eigenvalue weighted by Crippen LogP contribution is -2.49. The minimum Gasteiger partial charge on any atom is -0.384 e.